The van der Waals surface area contributed by atoms with Gasteiger partial charge in [-0.3, -0.25) is 4.98 Å². The van der Waals surface area contributed by atoms with Gasteiger partial charge in [0.15, 0.2) is 5.58 Å². The Bertz CT molecular complexity index is 847. The zero-order chi connectivity index (χ0) is 17.6. The number of anilines is 1. The highest BCUT2D eigenvalue weighted by Crippen LogP contribution is 2.49. The highest BCUT2D eigenvalue weighted by molar-refractivity contribution is 5.98. The van der Waals surface area contributed by atoms with Crippen molar-refractivity contribution >= 4 is 22.8 Å². The van der Waals surface area contributed by atoms with Crippen molar-refractivity contribution < 1.29 is 13.9 Å². The molecule has 3 heterocycles. The molecule has 25 heavy (non-hydrogen) atoms. The van der Waals surface area contributed by atoms with Gasteiger partial charge in [-0.15, -0.1) is 0 Å². The number of carbonyl (C=O) groups is 1. The number of carbonyl (C=O) groups excluding carboxylic acids is 1. The fourth-order valence-electron chi connectivity index (χ4n) is 4.51. The third-order valence-corrected chi connectivity index (χ3v) is 5.52. The molecule has 1 spiro atoms. The van der Waals surface area contributed by atoms with E-state index in [4.69, 9.17) is 9.15 Å². The van der Waals surface area contributed by atoms with E-state index in [1.54, 1.807) is 18.2 Å². The molecule has 0 radical (unpaired) electrons. The van der Waals surface area contributed by atoms with E-state index in [9.17, 15) is 9.59 Å². The van der Waals surface area contributed by atoms with Crippen molar-refractivity contribution in [3.8, 4) is 0 Å². The molecule has 0 saturated carbocycles. The summed E-state index contributed by atoms with van der Waals surface area (Å²) in [5, 5.41) is 2.91. The van der Waals surface area contributed by atoms with Crippen LogP contribution in [0.25, 0.3) is 11.1 Å². The van der Waals surface area contributed by atoms with Crippen LogP contribution in [-0.4, -0.2) is 41.7 Å². The predicted octanol–water partition coefficient (Wildman–Crippen LogP) is 2.79. The number of amides is 2. The van der Waals surface area contributed by atoms with Gasteiger partial charge >= 0.3 is 11.8 Å². The number of hydrogen-bond acceptors (Lipinski definition) is 4. The lowest BCUT2D eigenvalue weighted by Crippen LogP contribution is -2.70. The minimum Gasteiger partial charge on any atom is -0.406 e. The fourth-order valence-corrected chi connectivity index (χ4v) is 4.51. The molecule has 2 saturated heterocycles. The van der Waals surface area contributed by atoms with Crippen molar-refractivity contribution in [2.45, 2.75) is 32.7 Å². The molecular formula is C18H23N3O4. The molecule has 1 atom stereocenters. The lowest BCUT2D eigenvalue weighted by molar-refractivity contribution is -0.122. The Morgan fingerprint density at radius 3 is 2.84 bits per heavy atom. The summed E-state index contributed by atoms with van der Waals surface area (Å²) in [6.07, 6.45) is 2.00. The van der Waals surface area contributed by atoms with Crippen molar-refractivity contribution in [3.63, 3.8) is 0 Å². The Kier molecular flexibility index (Phi) is 3.83. The molecule has 0 bridgehead atoms. The largest absolute Gasteiger partial charge is 0.417 e. The quantitative estimate of drug-likeness (QED) is 0.876. The number of para-hydroxylation sites is 1. The van der Waals surface area contributed by atoms with Crippen LogP contribution in [0.4, 0.5) is 10.5 Å². The van der Waals surface area contributed by atoms with Crippen molar-refractivity contribution in [1.29, 1.82) is 0 Å². The van der Waals surface area contributed by atoms with Crippen LogP contribution in [0.2, 0.25) is 0 Å². The van der Waals surface area contributed by atoms with Crippen LogP contribution in [0.15, 0.2) is 27.4 Å². The van der Waals surface area contributed by atoms with E-state index in [2.05, 4.69) is 24.1 Å². The predicted molar refractivity (Wildman–Crippen MR) is 93.7 cm³/mol. The SMILES string of the molecule is CC(C)C1N(C(=O)Nc2cccc3[nH]c(=O)oc23)CC12CCOCC2. The van der Waals surface area contributed by atoms with E-state index >= 15 is 0 Å². The first-order valence-corrected chi connectivity index (χ1v) is 8.77. The van der Waals surface area contributed by atoms with Gasteiger partial charge in [-0.1, -0.05) is 19.9 Å². The number of nitrogens with one attached hydrogen (secondary N) is 2. The third-order valence-electron chi connectivity index (χ3n) is 5.52. The number of fused-ring (bicyclic) bond motifs is 1. The first kappa shape index (κ1) is 16.2. The van der Waals surface area contributed by atoms with Gasteiger partial charge in [0.2, 0.25) is 0 Å². The normalized spacial score (nSPS) is 22.4. The second kappa shape index (κ2) is 5.91. The second-order valence-corrected chi connectivity index (χ2v) is 7.42. The molecule has 2 aromatic rings. The minimum atomic E-state index is -0.526. The van der Waals surface area contributed by atoms with Gasteiger partial charge in [0, 0.05) is 31.2 Å². The van der Waals surface area contributed by atoms with E-state index in [0.29, 0.717) is 22.7 Å². The highest BCUT2D eigenvalue weighted by Gasteiger charge is 2.55. The Morgan fingerprint density at radius 1 is 1.36 bits per heavy atom. The van der Waals surface area contributed by atoms with Crippen molar-refractivity contribution in [3.05, 3.63) is 28.7 Å². The number of urea groups is 1. The van der Waals surface area contributed by atoms with E-state index in [-0.39, 0.29) is 17.5 Å². The summed E-state index contributed by atoms with van der Waals surface area (Å²) in [7, 11) is 0. The first-order chi connectivity index (χ1) is 12.0. The Hall–Kier alpha value is -2.28. The number of ether oxygens (including phenoxy) is 1. The van der Waals surface area contributed by atoms with Crippen LogP contribution in [-0.2, 0) is 4.74 Å². The van der Waals surface area contributed by atoms with Crippen LogP contribution in [0.3, 0.4) is 0 Å². The third kappa shape index (κ3) is 2.63. The first-order valence-electron chi connectivity index (χ1n) is 8.77. The number of H-pyrrole nitrogens is 1. The number of nitrogens with zero attached hydrogens (tertiary/aromatic N) is 1. The molecule has 7 heteroatoms. The minimum absolute atomic E-state index is 0.146. The van der Waals surface area contributed by atoms with Crippen LogP contribution in [0, 0.1) is 11.3 Å². The molecule has 2 aliphatic heterocycles. The van der Waals surface area contributed by atoms with Crippen molar-refractivity contribution in [1.82, 2.24) is 9.88 Å². The van der Waals surface area contributed by atoms with E-state index in [0.717, 1.165) is 32.6 Å². The van der Waals surface area contributed by atoms with Crippen LogP contribution < -0.4 is 11.1 Å². The molecule has 1 aromatic carbocycles. The summed E-state index contributed by atoms with van der Waals surface area (Å²) in [6, 6.07) is 5.32. The number of oxazole rings is 1. The summed E-state index contributed by atoms with van der Waals surface area (Å²) in [4.78, 5) is 28.8. The van der Waals surface area contributed by atoms with E-state index in [1.807, 2.05) is 4.90 Å². The average molecular weight is 345 g/mol. The van der Waals surface area contributed by atoms with Gasteiger partial charge in [0.1, 0.15) is 0 Å². The monoisotopic (exact) mass is 345 g/mol. The Balaban J connectivity index is 1.55. The summed E-state index contributed by atoms with van der Waals surface area (Å²) >= 11 is 0. The van der Waals surface area contributed by atoms with Crippen molar-refractivity contribution in [2.24, 2.45) is 11.3 Å². The van der Waals surface area contributed by atoms with Crippen molar-refractivity contribution in [2.75, 3.05) is 25.1 Å². The fraction of sp³-hybridized carbons (Fsp3) is 0.556. The maximum absolute atomic E-state index is 12.8. The van der Waals surface area contributed by atoms with E-state index in [1.165, 1.54) is 0 Å². The molecule has 2 amide bonds. The Morgan fingerprint density at radius 2 is 2.12 bits per heavy atom. The van der Waals surface area contributed by atoms with Gasteiger partial charge in [0.25, 0.3) is 0 Å². The summed E-state index contributed by atoms with van der Waals surface area (Å²) in [5.74, 6) is -0.152. The second-order valence-electron chi connectivity index (χ2n) is 7.42. The van der Waals surface area contributed by atoms with Gasteiger partial charge < -0.3 is 19.4 Å². The molecule has 4 rings (SSSR count). The number of benzene rings is 1. The molecular weight excluding hydrogens is 322 g/mol. The zero-order valence-corrected chi connectivity index (χ0v) is 14.5. The summed E-state index contributed by atoms with van der Waals surface area (Å²) in [6.45, 7) is 6.61. The molecule has 2 fully saturated rings. The number of aromatic nitrogens is 1. The maximum Gasteiger partial charge on any atom is 0.417 e. The smallest absolute Gasteiger partial charge is 0.406 e. The molecule has 2 N–H and O–H groups in total. The van der Waals surface area contributed by atoms with Crippen LogP contribution in [0.1, 0.15) is 26.7 Å². The molecule has 0 aliphatic carbocycles. The standard InChI is InChI=1S/C18H23N3O4/c1-11(2)15-18(6-8-24-9-7-18)10-21(15)16(22)19-12-4-3-5-13-14(12)25-17(23)20-13/h3-5,11,15H,6-10H2,1-2H3,(H,19,22)(H,20,23). The molecule has 134 valence electrons. The zero-order valence-electron chi connectivity index (χ0n) is 14.5. The lowest BCUT2D eigenvalue weighted by atomic mass is 9.63. The average Bonchev–Trinajstić information content (AvgIpc) is 2.94. The highest BCUT2D eigenvalue weighted by atomic mass is 16.5. The van der Waals surface area contributed by atoms with Crippen LogP contribution in [0.5, 0.6) is 0 Å². The summed E-state index contributed by atoms with van der Waals surface area (Å²) < 4.78 is 10.7. The van der Waals surface area contributed by atoms with Gasteiger partial charge in [0.05, 0.1) is 11.2 Å². The molecule has 7 nitrogen and oxygen atoms in total. The number of hydrogen-bond donors (Lipinski definition) is 2. The Labute approximate surface area is 145 Å². The van der Waals surface area contributed by atoms with Gasteiger partial charge in [-0.05, 0) is 30.9 Å². The molecule has 2 aliphatic rings. The van der Waals surface area contributed by atoms with Crippen LogP contribution >= 0.6 is 0 Å². The molecule has 1 aromatic heterocycles. The molecule has 1 unspecified atom stereocenters. The van der Waals surface area contributed by atoms with E-state index < -0.39 is 5.76 Å². The maximum atomic E-state index is 12.8. The lowest BCUT2D eigenvalue weighted by Gasteiger charge is -2.60. The number of aromatic amines is 1. The summed E-state index contributed by atoms with van der Waals surface area (Å²) in [5.41, 5.74) is 1.64. The number of likely N-dealkylation sites (tertiary alicyclic amines) is 1. The number of rotatable bonds is 2. The van der Waals surface area contributed by atoms with Gasteiger partial charge in [-0.2, -0.15) is 0 Å². The van der Waals surface area contributed by atoms with Gasteiger partial charge in [-0.25, -0.2) is 9.59 Å². The topological polar surface area (TPSA) is 87.6 Å².